The summed E-state index contributed by atoms with van der Waals surface area (Å²) >= 11 is 0. The third-order valence-corrected chi connectivity index (χ3v) is 8.50. The van der Waals surface area contributed by atoms with E-state index >= 15 is 0 Å². The zero-order chi connectivity index (χ0) is 29.4. The summed E-state index contributed by atoms with van der Waals surface area (Å²) in [5.74, 6) is 1.41. The Morgan fingerprint density at radius 1 is 1.24 bits per heavy atom. The molecule has 11 heteroatoms. The molecule has 1 saturated heterocycles. The standard InChI is InChI=1S/C31H35FN6O4/c1-19(2)37(3)30(40)23-14-22(32)5-7-25(23)42-27-16-33-18-34-29(27)38-11-10-31(36-38)9-8-21(15-31)12-20-4-6-26-24(13-20)35-28(39)17-41-26/h4-7,13-14,16,18-19,21,36H,8-12,15,17H2,1-3H3,(H,35,39). The molecule has 6 rings (SSSR count). The molecule has 1 saturated carbocycles. The lowest BCUT2D eigenvalue weighted by atomic mass is 9.91. The van der Waals surface area contributed by atoms with Crippen LogP contribution in [0.5, 0.6) is 17.2 Å². The van der Waals surface area contributed by atoms with Gasteiger partial charge in [0.1, 0.15) is 23.6 Å². The first-order chi connectivity index (χ1) is 20.2. The van der Waals surface area contributed by atoms with Crippen molar-refractivity contribution in [2.75, 3.05) is 30.5 Å². The van der Waals surface area contributed by atoms with Crippen LogP contribution >= 0.6 is 0 Å². The lowest BCUT2D eigenvalue weighted by Gasteiger charge is -2.28. The summed E-state index contributed by atoms with van der Waals surface area (Å²) in [6.07, 6.45) is 8.00. The number of amides is 2. The van der Waals surface area contributed by atoms with Gasteiger partial charge >= 0.3 is 0 Å². The van der Waals surface area contributed by atoms with Crippen LogP contribution in [0.2, 0.25) is 0 Å². The molecule has 0 radical (unpaired) electrons. The van der Waals surface area contributed by atoms with E-state index in [0.717, 1.165) is 44.3 Å². The number of nitrogens with one attached hydrogen (secondary N) is 2. The van der Waals surface area contributed by atoms with Gasteiger partial charge in [-0.05, 0) is 87.8 Å². The van der Waals surface area contributed by atoms with E-state index < -0.39 is 5.82 Å². The molecule has 0 bridgehead atoms. The normalized spacial score (nSPS) is 21.3. The zero-order valence-electron chi connectivity index (χ0n) is 24.0. The SMILES string of the molecule is CC(C)N(C)C(=O)c1cc(F)ccc1Oc1cncnc1N1CCC2(CCC(Cc3ccc4c(c3)NC(=O)CO4)C2)N1. The Morgan fingerprint density at radius 2 is 2.10 bits per heavy atom. The molecule has 2 fully saturated rings. The number of aromatic nitrogens is 2. The van der Waals surface area contributed by atoms with Gasteiger partial charge in [-0.1, -0.05) is 6.07 Å². The first-order valence-corrected chi connectivity index (χ1v) is 14.4. The van der Waals surface area contributed by atoms with Crippen molar-refractivity contribution in [1.29, 1.82) is 0 Å². The molecule has 3 aliphatic rings. The molecule has 1 aliphatic carbocycles. The summed E-state index contributed by atoms with van der Waals surface area (Å²) in [5, 5.41) is 4.89. The molecule has 220 valence electrons. The first-order valence-electron chi connectivity index (χ1n) is 14.4. The van der Waals surface area contributed by atoms with Gasteiger partial charge in [0.05, 0.1) is 17.4 Å². The van der Waals surface area contributed by atoms with Gasteiger partial charge < -0.3 is 19.7 Å². The topological polar surface area (TPSA) is 109 Å². The largest absolute Gasteiger partial charge is 0.482 e. The summed E-state index contributed by atoms with van der Waals surface area (Å²) in [5.41, 5.74) is 5.70. The summed E-state index contributed by atoms with van der Waals surface area (Å²) < 4.78 is 25.9. The Morgan fingerprint density at radius 3 is 2.93 bits per heavy atom. The van der Waals surface area contributed by atoms with E-state index in [4.69, 9.17) is 9.47 Å². The Balaban J connectivity index is 1.15. The number of halogens is 1. The molecule has 2 atom stereocenters. The number of hydrazine groups is 1. The van der Waals surface area contributed by atoms with Crippen LogP contribution < -0.4 is 25.2 Å². The molecule has 2 aromatic carbocycles. The molecule has 1 spiro atoms. The number of rotatable bonds is 7. The maximum absolute atomic E-state index is 14.2. The van der Waals surface area contributed by atoms with E-state index in [2.05, 4.69) is 26.8 Å². The molecular formula is C31H35FN6O4. The molecule has 2 amide bonds. The average Bonchev–Trinajstić information content (AvgIpc) is 3.58. The number of anilines is 2. The Bertz CT molecular complexity index is 1520. The minimum atomic E-state index is -0.514. The molecule has 3 heterocycles. The maximum atomic E-state index is 14.2. The zero-order valence-corrected chi connectivity index (χ0v) is 24.0. The van der Waals surface area contributed by atoms with E-state index in [-0.39, 0.29) is 41.3 Å². The van der Waals surface area contributed by atoms with Crippen molar-refractivity contribution >= 4 is 23.3 Å². The molecule has 1 aromatic heterocycles. The van der Waals surface area contributed by atoms with Crippen molar-refractivity contribution in [1.82, 2.24) is 20.3 Å². The van der Waals surface area contributed by atoms with E-state index in [0.29, 0.717) is 23.2 Å². The van der Waals surface area contributed by atoms with Crippen molar-refractivity contribution < 1.29 is 23.5 Å². The predicted octanol–water partition coefficient (Wildman–Crippen LogP) is 4.72. The summed E-state index contributed by atoms with van der Waals surface area (Å²) in [4.78, 5) is 35.1. The number of ether oxygens (including phenoxy) is 2. The highest BCUT2D eigenvalue weighted by Gasteiger charge is 2.44. The summed E-state index contributed by atoms with van der Waals surface area (Å²) in [6.45, 7) is 4.57. The summed E-state index contributed by atoms with van der Waals surface area (Å²) in [7, 11) is 1.68. The third kappa shape index (κ3) is 5.61. The van der Waals surface area contributed by atoms with Crippen molar-refractivity contribution in [2.24, 2.45) is 5.92 Å². The van der Waals surface area contributed by atoms with Gasteiger partial charge in [0.25, 0.3) is 11.8 Å². The van der Waals surface area contributed by atoms with Crippen LogP contribution in [-0.2, 0) is 11.2 Å². The third-order valence-electron chi connectivity index (χ3n) is 8.50. The Labute approximate surface area is 244 Å². The van der Waals surface area contributed by atoms with Crippen molar-refractivity contribution in [3.05, 3.63) is 65.9 Å². The lowest BCUT2D eigenvalue weighted by Crippen LogP contribution is -2.44. The number of nitrogens with zero attached hydrogens (tertiary/aromatic N) is 4. The van der Waals surface area contributed by atoms with Crippen molar-refractivity contribution in [3.8, 4) is 17.2 Å². The fourth-order valence-electron chi connectivity index (χ4n) is 6.10. The highest BCUT2D eigenvalue weighted by Crippen LogP contribution is 2.44. The van der Waals surface area contributed by atoms with Crippen molar-refractivity contribution in [3.63, 3.8) is 0 Å². The van der Waals surface area contributed by atoms with Crippen LogP contribution in [0, 0.1) is 11.7 Å². The molecule has 2 unspecified atom stereocenters. The fourth-order valence-corrected chi connectivity index (χ4v) is 6.10. The number of hydrogen-bond donors (Lipinski definition) is 2. The predicted molar refractivity (Wildman–Crippen MR) is 155 cm³/mol. The number of carbonyl (C=O) groups is 2. The van der Waals surface area contributed by atoms with Gasteiger partial charge in [0.2, 0.25) is 0 Å². The second-order valence-electron chi connectivity index (χ2n) is 11.7. The monoisotopic (exact) mass is 574 g/mol. The van der Waals surface area contributed by atoms with E-state index in [9.17, 15) is 14.0 Å². The second kappa shape index (κ2) is 11.2. The van der Waals surface area contributed by atoms with Crippen molar-refractivity contribution in [2.45, 2.75) is 57.5 Å². The van der Waals surface area contributed by atoms with Crippen LogP contribution in [-0.4, -0.2) is 58.5 Å². The molecule has 42 heavy (non-hydrogen) atoms. The van der Waals surface area contributed by atoms with Crippen LogP contribution in [0.1, 0.15) is 55.5 Å². The van der Waals surface area contributed by atoms with E-state index in [1.807, 2.05) is 31.0 Å². The molecule has 2 N–H and O–H groups in total. The second-order valence-corrected chi connectivity index (χ2v) is 11.7. The molecule has 2 aliphatic heterocycles. The lowest BCUT2D eigenvalue weighted by molar-refractivity contribution is -0.118. The quantitative estimate of drug-likeness (QED) is 0.418. The first kappa shape index (κ1) is 27.9. The highest BCUT2D eigenvalue weighted by atomic mass is 19.1. The van der Waals surface area contributed by atoms with Gasteiger partial charge in [-0.2, -0.15) is 0 Å². The minimum absolute atomic E-state index is 0.0530. The number of benzene rings is 2. The maximum Gasteiger partial charge on any atom is 0.262 e. The van der Waals surface area contributed by atoms with Gasteiger partial charge in [-0.3, -0.25) is 14.6 Å². The van der Waals surface area contributed by atoms with Crippen LogP contribution in [0.4, 0.5) is 15.9 Å². The number of fused-ring (bicyclic) bond motifs is 1. The smallest absolute Gasteiger partial charge is 0.262 e. The van der Waals surface area contributed by atoms with Crippen LogP contribution in [0.25, 0.3) is 0 Å². The number of hydrogen-bond acceptors (Lipinski definition) is 8. The molecule has 3 aromatic rings. The minimum Gasteiger partial charge on any atom is -0.482 e. The Kier molecular flexibility index (Phi) is 7.44. The van der Waals surface area contributed by atoms with Gasteiger partial charge in [-0.15, -0.1) is 0 Å². The van der Waals surface area contributed by atoms with E-state index in [1.165, 1.54) is 30.1 Å². The van der Waals surface area contributed by atoms with E-state index in [1.54, 1.807) is 18.1 Å². The van der Waals surface area contributed by atoms with Gasteiger partial charge in [0, 0.05) is 25.2 Å². The van der Waals surface area contributed by atoms with Gasteiger partial charge in [0.15, 0.2) is 18.2 Å². The molecular weight excluding hydrogens is 539 g/mol. The highest BCUT2D eigenvalue weighted by molar-refractivity contribution is 5.97. The Hall–Kier alpha value is -4.25. The van der Waals surface area contributed by atoms with Crippen LogP contribution in [0.3, 0.4) is 0 Å². The average molecular weight is 575 g/mol. The number of carbonyl (C=O) groups excluding carboxylic acids is 2. The summed E-state index contributed by atoms with van der Waals surface area (Å²) in [6, 6.07) is 9.90. The fraction of sp³-hybridized carbons (Fsp3) is 0.419. The van der Waals surface area contributed by atoms with Gasteiger partial charge in [-0.25, -0.2) is 19.8 Å². The van der Waals surface area contributed by atoms with Crippen LogP contribution in [0.15, 0.2) is 48.9 Å². The molecule has 10 nitrogen and oxygen atoms in total.